The van der Waals surface area contributed by atoms with Gasteiger partial charge in [-0.1, -0.05) is 40.5 Å². The van der Waals surface area contributed by atoms with E-state index < -0.39 is 0 Å². The lowest BCUT2D eigenvalue weighted by Gasteiger charge is -2.12. The number of nitrogens with two attached hydrogens (primary N) is 1. The number of halogens is 3. The second kappa shape index (κ2) is 7.63. The van der Waals surface area contributed by atoms with Gasteiger partial charge in [0.15, 0.2) is 0 Å². The Morgan fingerprint density at radius 3 is 2.48 bits per heavy atom. The van der Waals surface area contributed by atoms with Gasteiger partial charge in [0.05, 0.1) is 9.50 Å². The van der Waals surface area contributed by atoms with Crippen molar-refractivity contribution in [1.29, 1.82) is 0 Å². The van der Waals surface area contributed by atoms with E-state index in [1.165, 1.54) is 5.56 Å². The van der Waals surface area contributed by atoms with Gasteiger partial charge in [0.2, 0.25) is 0 Å². The summed E-state index contributed by atoms with van der Waals surface area (Å²) in [7, 11) is 0. The van der Waals surface area contributed by atoms with Gasteiger partial charge in [-0.05, 0) is 64.7 Å². The van der Waals surface area contributed by atoms with Crippen LogP contribution in [0, 0.1) is 0 Å². The lowest BCUT2D eigenvalue weighted by atomic mass is 10.0. The quantitative estimate of drug-likeness (QED) is 0.634. The van der Waals surface area contributed by atoms with Crippen molar-refractivity contribution >= 4 is 43.5 Å². The maximum atomic E-state index is 6.16. The second-order valence-electron chi connectivity index (χ2n) is 4.81. The van der Waals surface area contributed by atoms with Gasteiger partial charge in [-0.3, -0.25) is 0 Å². The van der Waals surface area contributed by atoms with E-state index >= 15 is 0 Å². The average Bonchev–Trinajstić information content (AvgIpc) is 2.44. The minimum atomic E-state index is 0.185. The molecule has 1 atom stereocenters. The Morgan fingerprint density at radius 1 is 1.14 bits per heavy atom. The van der Waals surface area contributed by atoms with Crippen molar-refractivity contribution in [2.75, 3.05) is 0 Å². The molecule has 0 aliphatic heterocycles. The summed E-state index contributed by atoms with van der Waals surface area (Å²) in [4.78, 5) is 0. The molecule has 21 heavy (non-hydrogen) atoms. The highest BCUT2D eigenvalue weighted by atomic mass is 79.9. The maximum Gasteiger partial charge on any atom is 0.146 e. The molecule has 1 unspecified atom stereocenters. The van der Waals surface area contributed by atoms with Crippen LogP contribution in [0.15, 0.2) is 45.3 Å². The predicted octanol–water partition coefficient (Wildman–Crippen LogP) is 5.94. The molecule has 0 amide bonds. The van der Waals surface area contributed by atoms with Gasteiger partial charge in [0.1, 0.15) is 11.5 Å². The van der Waals surface area contributed by atoms with Crippen LogP contribution in [-0.2, 0) is 6.42 Å². The fraction of sp³-hybridized carbons (Fsp3) is 0.250. The largest absolute Gasteiger partial charge is 0.455 e. The summed E-state index contributed by atoms with van der Waals surface area (Å²) in [5, 5.41) is 0.563. The Morgan fingerprint density at radius 2 is 1.86 bits per heavy atom. The van der Waals surface area contributed by atoms with Gasteiger partial charge in [-0.2, -0.15) is 0 Å². The van der Waals surface area contributed by atoms with Crippen molar-refractivity contribution in [3.05, 3.63) is 55.9 Å². The van der Waals surface area contributed by atoms with Gasteiger partial charge < -0.3 is 10.5 Å². The Hall–Kier alpha value is -0.550. The number of rotatable bonds is 5. The van der Waals surface area contributed by atoms with Crippen molar-refractivity contribution in [3.63, 3.8) is 0 Å². The Kier molecular flexibility index (Phi) is 6.11. The minimum absolute atomic E-state index is 0.185. The Labute approximate surface area is 146 Å². The molecule has 0 aromatic heterocycles. The zero-order valence-corrected chi connectivity index (χ0v) is 15.5. The van der Waals surface area contributed by atoms with Gasteiger partial charge in [0, 0.05) is 10.5 Å². The molecule has 0 heterocycles. The van der Waals surface area contributed by atoms with Crippen LogP contribution in [0.3, 0.4) is 0 Å². The van der Waals surface area contributed by atoms with Crippen LogP contribution in [0.5, 0.6) is 11.5 Å². The molecule has 0 bridgehead atoms. The van der Waals surface area contributed by atoms with E-state index in [4.69, 9.17) is 22.1 Å². The molecule has 2 nitrogen and oxygen atoms in total. The Balaban J connectivity index is 2.17. The van der Waals surface area contributed by atoms with Crippen LogP contribution in [-0.4, -0.2) is 6.04 Å². The van der Waals surface area contributed by atoms with Gasteiger partial charge in [-0.15, -0.1) is 0 Å². The first-order valence-electron chi connectivity index (χ1n) is 6.66. The van der Waals surface area contributed by atoms with Crippen LogP contribution in [0.2, 0.25) is 5.02 Å². The number of hydrogen-bond acceptors (Lipinski definition) is 2. The van der Waals surface area contributed by atoms with Crippen LogP contribution < -0.4 is 10.5 Å². The summed E-state index contributed by atoms with van der Waals surface area (Å²) in [6.45, 7) is 2.09. The van der Waals surface area contributed by atoms with Crippen LogP contribution in [0.1, 0.15) is 18.9 Å². The summed E-state index contributed by atoms with van der Waals surface area (Å²) >= 11 is 13.1. The lowest BCUT2D eigenvalue weighted by Crippen LogP contribution is -2.21. The maximum absolute atomic E-state index is 6.16. The standard InChI is InChI=1S/C16H16Br2ClNO/c1-2-12(20)7-10-3-5-15(13(18)8-10)21-16-6-4-11(17)9-14(16)19/h3-6,8-9,12H,2,7,20H2,1H3. The van der Waals surface area contributed by atoms with Crippen molar-refractivity contribution in [2.24, 2.45) is 5.73 Å². The SMILES string of the molecule is CCC(N)Cc1ccc(Oc2ccc(Br)cc2Cl)c(Br)c1. The van der Waals surface area contributed by atoms with Crippen molar-refractivity contribution < 1.29 is 4.74 Å². The van der Waals surface area contributed by atoms with Crippen molar-refractivity contribution in [2.45, 2.75) is 25.8 Å². The fourth-order valence-electron chi connectivity index (χ4n) is 1.88. The van der Waals surface area contributed by atoms with Crippen LogP contribution in [0.4, 0.5) is 0 Å². The molecular weight excluding hydrogens is 417 g/mol. The molecule has 5 heteroatoms. The molecule has 2 aromatic rings. The van der Waals surface area contributed by atoms with E-state index in [1.54, 1.807) is 6.07 Å². The lowest BCUT2D eigenvalue weighted by molar-refractivity contribution is 0.479. The monoisotopic (exact) mass is 431 g/mol. The molecule has 2 N–H and O–H groups in total. The summed E-state index contributed by atoms with van der Waals surface area (Å²) < 4.78 is 7.66. The van der Waals surface area contributed by atoms with Crippen molar-refractivity contribution in [1.82, 2.24) is 0 Å². The second-order valence-corrected chi connectivity index (χ2v) is 6.99. The molecule has 0 aliphatic rings. The molecule has 0 aliphatic carbocycles. The predicted molar refractivity (Wildman–Crippen MR) is 95.3 cm³/mol. The summed E-state index contributed by atoms with van der Waals surface area (Å²) in [5.74, 6) is 1.35. The highest BCUT2D eigenvalue weighted by Crippen LogP contribution is 2.35. The van der Waals surface area contributed by atoms with E-state index in [-0.39, 0.29) is 6.04 Å². The van der Waals surface area contributed by atoms with Gasteiger partial charge in [0.25, 0.3) is 0 Å². The number of benzene rings is 2. The minimum Gasteiger partial charge on any atom is -0.455 e. The molecule has 0 spiro atoms. The van der Waals surface area contributed by atoms with E-state index in [1.807, 2.05) is 30.3 Å². The molecule has 112 valence electrons. The summed E-state index contributed by atoms with van der Waals surface area (Å²) in [6.07, 6.45) is 1.82. The molecule has 0 saturated carbocycles. The van der Waals surface area contributed by atoms with E-state index in [9.17, 15) is 0 Å². The topological polar surface area (TPSA) is 35.2 Å². The van der Waals surface area contributed by atoms with Gasteiger partial charge >= 0.3 is 0 Å². The zero-order valence-electron chi connectivity index (χ0n) is 11.6. The molecule has 0 fully saturated rings. The first-order valence-corrected chi connectivity index (χ1v) is 8.63. The van der Waals surface area contributed by atoms with Gasteiger partial charge in [-0.25, -0.2) is 0 Å². The molecule has 2 rings (SSSR count). The van der Waals surface area contributed by atoms with Crippen molar-refractivity contribution in [3.8, 4) is 11.5 Å². The van der Waals surface area contributed by atoms with Crippen LogP contribution >= 0.6 is 43.5 Å². The third kappa shape index (κ3) is 4.71. The summed E-state index contributed by atoms with van der Waals surface area (Å²) in [6, 6.07) is 11.7. The van der Waals surface area contributed by atoms with Crippen LogP contribution in [0.25, 0.3) is 0 Å². The van der Waals surface area contributed by atoms with E-state index in [0.29, 0.717) is 10.8 Å². The first kappa shape index (κ1) is 16.8. The zero-order chi connectivity index (χ0) is 15.4. The Bertz CT molecular complexity index is 634. The highest BCUT2D eigenvalue weighted by molar-refractivity contribution is 9.10. The third-order valence-electron chi connectivity index (χ3n) is 3.13. The first-order chi connectivity index (χ1) is 9.99. The number of hydrogen-bond donors (Lipinski definition) is 1. The summed E-state index contributed by atoms with van der Waals surface area (Å²) in [5.41, 5.74) is 7.17. The smallest absolute Gasteiger partial charge is 0.146 e. The number of ether oxygens (including phenoxy) is 1. The third-order valence-corrected chi connectivity index (χ3v) is 4.54. The molecule has 0 saturated heterocycles. The average molecular weight is 434 g/mol. The molecule has 0 radical (unpaired) electrons. The molecule has 2 aromatic carbocycles. The fourth-order valence-corrected chi connectivity index (χ4v) is 3.10. The van der Waals surface area contributed by atoms with E-state index in [0.717, 1.165) is 27.5 Å². The highest BCUT2D eigenvalue weighted by Gasteiger charge is 2.09. The van der Waals surface area contributed by atoms with E-state index in [2.05, 4.69) is 38.8 Å². The molecular formula is C16H16Br2ClNO. The normalized spacial score (nSPS) is 12.2.